The fraction of sp³-hybridized carbons (Fsp3) is 0.0370. The van der Waals surface area contributed by atoms with Crippen molar-refractivity contribution in [1.82, 2.24) is 0 Å². The van der Waals surface area contributed by atoms with Crippen molar-refractivity contribution < 1.29 is 24.5 Å². The highest BCUT2D eigenvalue weighted by Crippen LogP contribution is 2.28. The average molecular weight is 426 g/mol. The molecule has 0 radical (unpaired) electrons. The molecule has 4 aromatic rings. The lowest BCUT2D eigenvalue weighted by Gasteiger charge is -2.07. The number of methoxy groups -OCH3 is 1. The van der Waals surface area contributed by atoms with Crippen LogP contribution in [0.15, 0.2) is 103 Å². The fourth-order valence-electron chi connectivity index (χ4n) is 2.99. The van der Waals surface area contributed by atoms with E-state index >= 15 is 0 Å². The quantitative estimate of drug-likeness (QED) is 0.426. The van der Waals surface area contributed by atoms with Crippen LogP contribution >= 0.6 is 0 Å². The Labute approximate surface area is 186 Å². The summed E-state index contributed by atoms with van der Waals surface area (Å²) >= 11 is 0. The zero-order valence-electron chi connectivity index (χ0n) is 17.4. The summed E-state index contributed by atoms with van der Waals surface area (Å²) in [5.41, 5.74) is 1.74. The fourth-order valence-corrected chi connectivity index (χ4v) is 2.99. The molecule has 0 saturated carbocycles. The number of ketones is 2. The Morgan fingerprint density at radius 1 is 0.594 bits per heavy atom. The lowest BCUT2D eigenvalue weighted by molar-refractivity contribution is 0.102. The highest BCUT2D eigenvalue weighted by atomic mass is 16.5. The lowest BCUT2D eigenvalue weighted by Crippen LogP contribution is -2.02. The van der Waals surface area contributed by atoms with Crippen molar-refractivity contribution in [3.05, 3.63) is 125 Å². The monoisotopic (exact) mass is 426 g/mol. The molecule has 4 aromatic carbocycles. The maximum absolute atomic E-state index is 12.1. The van der Waals surface area contributed by atoms with E-state index in [1.165, 1.54) is 31.4 Å². The summed E-state index contributed by atoms with van der Waals surface area (Å²) in [5.74, 6) is -0.193. The van der Waals surface area contributed by atoms with Crippen molar-refractivity contribution in [3.8, 4) is 17.2 Å². The van der Waals surface area contributed by atoms with Gasteiger partial charge in [0, 0.05) is 17.2 Å². The van der Waals surface area contributed by atoms with E-state index in [9.17, 15) is 19.8 Å². The number of hydrogen-bond acceptors (Lipinski definition) is 5. The van der Waals surface area contributed by atoms with Gasteiger partial charge < -0.3 is 14.9 Å². The molecule has 0 atom stereocenters. The third-order valence-electron chi connectivity index (χ3n) is 4.67. The molecule has 0 heterocycles. The SMILES string of the molecule is COc1ccc(C(=O)c2ccccc2O)c(O)c1.O=C(c1ccccc1)c1ccccc1. The van der Waals surface area contributed by atoms with Gasteiger partial charge in [0.15, 0.2) is 11.6 Å². The summed E-state index contributed by atoms with van der Waals surface area (Å²) in [6.45, 7) is 0. The molecule has 0 spiro atoms. The molecule has 5 heteroatoms. The van der Waals surface area contributed by atoms with Crippen molar-refractivity contribution in [2.45, 2.75) is 0 Å². The van der Waals surface area contributed by atoms with Gasteiger partial charge >= 0.3 is 0 Å². The van der Waals surface area contributed by atoms with E-state index in [1.807, 2.05) is 60.7 Å². The van der Waals surface area contributed by atoms with Gasteiger partial charge in [-0.15, -0.1) is 0 Å². The minimum Gasteiger partial charge on any atom is -0.507 e. The van der Waals surface area contributed by atoms with Crippen LogP contribution < -0.4 is 4.74 Å². The van der Waals surface area contributed by atoms with Crippen molar-refractivity contribution in [3.63, 3.8) is 0 Å². The smallest absolute Gasteiger partial charge is 0.200 e. The van der Waals surface area contributed by atoms with Crippen LogP contribution in [-0.2, 0) is 0 Å². The maximum atomic E-state index is 12.1. The Morgan fingerprint density at radius 2 is 1.09 bits per heavy atom. The normalized spacial score (nSPS) is 9.91. The summed E-state index contributed by atoms with van der Waals surface area (Å²) in [6.07, 6.45) is 0. The van der Waals surface area contributed by atoms with E-state index in [0.29, 0.717) is 5.75 Å². The van der Waals surface area contributed by atoms with E-state index < -0.39 is 5.78 Å². The lowest BCUT2D eigenvalue weighted by atomic mass is 10.0. The van der Waals surface area contributed by atoms with Gasteiger partial charge in [-0.1, -0.05) is 72.8 Å². The number of phenols is 2. The number of benzene rings is 4. The van der Waals surface area contributed by atoms with Gasteiger partial charge in [0.05, 0.1) is 18.2 Å². The Balaban J connectivity index is 0.000000186. The molecule has 0 bridgehead atoms. The number of para-hydroxylation sites is 1. The van der Waals surface area contributed by atoms with E-state index in [4.69, 9.17) is 4.74 Å². The molecule has 160 valence electrons. The molecule has 0 aliphatic carbocycles. The summed E-state index contributed by atoms with van der Waals surface area (Å²) in [5, 5.41) is 19.4. The zero-order chi connectivity index (χ0) is 22.9. The summed E-state index contributed by atoms with van der Waals surface area (Å²) in [6, 6.07) is 29.2. The first-order valence-electron chi connectivity index (χ1n) is 9.85. The molecule has 5 nitrogen and oxygen atoms in total. The molecule has 0 fully saturated rings. The number of ether oxygens (including phenoxy) is 1. The molecule has 0 unspecified atom stereocenters. The molecule has 0 amide bonds. The van der Waals surface area contributed by atoms with E-state index in [1.54, 1.807) is 18.2 Å². The van der Waals surface area contributed by atoms with Gasteiger partial charge in [-0.3, -0.25) is 9.59 Å². The standard InChI is InChI=1S/C14H12O4.C13H10O/c1-18-9-6-7-11(13(16)8-9)14(17)10-4-2-3-5-12(10)15;14-13(11-7-3-1-4-8-11)12-9-5-2-6-10-12/h2-8,15-16H,1H3;1-10H. The van der Waals surface area contributed by atoms with E-state index in [2.05, 4.69) is 0 Å². The largest absolute Gasteiger partial charge is 0.507 e. The van der Waals surface area contributed by atoms with Gasteiger partial charge in [-0.05, 0) is 24.3 Å². The highest BCUT2D eigenvalue weighted by molar-refractivity contribution is 6.12. The second kappa shape index (κ2) is 10.6. The van der Waals surface area contributed by atoms with Crippen LogP contribution in [0, 0.1) is 0 Å². The van der Waals surface area contributed by atoms with Gasteiger partial charge in [0.2, 0.25) is 0 Å². The first-order chi connectivity index (χ1) is 15.5. The van der Waals surface area contributed by atoms with Crippen LogP contribution in [0.5, 0.6) is 17.2 Å². The molecule has 0 aliphatic heterocycles. The topological polar surface area (TPSA) is 83.8 Å². The third-order valence-corrected chi connectivity index (χ3v) is 4.67. The van der Waals surface area contributed by atoms with Crippen molar-refractivity contribution >= 4 is 11.6 Å². The number of carbonyl (C=O) groups is 2. The minimum absolute atomic E-state index is 0.0752. The van der Waals surface area contributed by atoms with Crippen molar-refractivity contribution in [1.29, 1.82) is 0 Å². The molecule has 0 aliphatic rings. The zero-order valence-corrected chi connectivity index (χ0v) is 17.4. The number of rotatable bonds is 5. The minimum atomic E-state index is -0.437. The van der Waals surface area contributed by atoms with Gasteiger partial charge in [0.1, 0.15) is 17.2 Å². The van der Waals surface area contributed by atoms with Crippen molar-refractivity contribution in [2.75, 3.05) is 7.11 Å². The van der Waals surface area contributed by atoms with Gasteiger partial charge in [-0.2, -0.15) is 0 Å². The highest BCUT2D eigenvalue weighted by Gasteiger charge is 2.17. The molecule has 32 heavy (non-hydrogen) atoms. The predicted octanol–water partition coefficient (Wildman–Crippen LogP) is 5.26. The Kier molecular flexibility index (Phi) is 7.38. The number of aromatic hydroxyl groups is 2. The van der Waals surface area contributed by atoms with Crippen LogP contribution in [0.1, 0.15) is 31.8 Å². The Morgan fingerprint density at radius 3 is 1.59 bits per heavy atom. The molecular weight excluding hydrogens is 404 g/mol. The van der Waals surface area contributed by atoms with Gasteiger partial charge in [0.25, 0.3) is 0 Å². The van der Waals surface area contributed by atoms with Crippen LogP contribution in [0.4, 0.5) is 0 Å². The molecular formula is C27H22O5. The van der Waals surface area contributed by atoms with Gasteiger partial charge in [-0.25, -0.2) is 0 Å². The van der Waals surface area contributed by atoms with E-state index in [-0.39, 0.29) is 28.4 Å². The van der Waals surface area contributed by atoms with Crippen molar-refractivity contribution in [2.24, 2.45) is 0 Å². The summed E-state index contributed by atoms with van der Waals surface area (Å²) in [7, 11) is 1.47. The molecule has 0 saturated heterocycles. The van der Waals surface area contributed by atoms with Crippen LogP contribution in [0.25, 0.3) is 0 Å². The first kappa shape index (κ1) is 22.3. The second-order valence-electron chi connectivity index (χ2n) is 6.79. The first-order valence-corrected chi connectivity index (χ1v) is 9.85. The Bertz CT molecular complexity index is 1160. The Hall–Kier alpha value is -4.38. The number of hydrogen-bond donors (Lipinski definition) is 2. The molecule has 0 aromatic heterocycles. The number of carbonyl (C=O) groups excluding carboxylic acids is 2. The molecule has 4 rings (SSSR count). The second-order valence-corrected chi connectivity index (χ2v) is 6.79. The predicted molar refractivity (Wildman–Crippen MR) is 123 cm³/mol. The third kappa shape index (κ3) is 5.40. The number of phenolic OH excluding ortho intramolecular Hbond substituents is 2. The van der Waals surface area contributed by atoms with Crippen LogP contribution in [-0.4, -0.2) is 28.9 Å². The molecule has 2 N–H and O–H groups in total. The maximum Gasteiger partial charge on any atom is 0.200 e. The summed E-state index contributed by atoms with van der Waals surface area (Å²) < 4.78 is 4.94. The average Bonchev–Trinajstić information content (AvgIpc) is 2.85. The van der Waals surface area contributed by atoms with Crippen LogP contribution in [0.2, 0.25) is 0 Å². The van der Waals surface area contributed by atoms with E-state index in [0.717, 1.165) is 11.1 Å². The van der Waals surface area contributed by atoms with Crippen LogP contribution in [0.3, 0.4) is 0 Å². The summed E-state index contributed by atoms with van der Waals surface area (Å²) in [4.78, 5) is 24.0.